The van der Waals surface area contributed by atoms with Crippen molar-refractivity contribution in [1.29, 1.82) is 0 Å². The molecule has 6 nitrogen and oxygen atoms in total. The highest BCUT2D eigenvalue weighted by Crippen LogP contribution is 2.26. The highest BCUT2D eigenvalue weighted by Gasteiger charge is 2.41. The number of rotatable bonds is 5. The number of nitrogens with one attached hydrogen (secondary N) is 2. The van der Waals surface area contributed by atoms with Crippen molar-refractivity contribution in [3.8, 4) is 0 Å². The van der Waals surface area contributed by atoms with Gasteiger partial charge in [0.25, 0.3) is 0 Å². The molecule has 17 heavy (non-hydrogen) atoms. The van der Waals surface area contributed by atoms with Gasteiger partial charge < -0.3 is 25.6 Å². The first-order valence-electron chi connectivity index (χ1n) is 5.99. The smallest absolute Gasteiger partial charge is 0.315 e. The second kappa shape index (κ2) is 6.78. The molecule has 0 saturated heterocycles. The largest absolute Gasteiger partial charge is 0.390 e. The minimum absolute atomic E-state index is 0.133. The second-order valence-electron chi connectivity index (χ2n) is 4.44. The monoisotopic (exact) mass is 246 g/mol. The molecule has 0 heterocycles. The zero-order chi connectivity index (χ0) is 12.8. The van der Waals surface area contributed by atoms with Gasteiger partial charge in [-0.25, -0.2) is 4.79 Å². The molecule has 4 N–H and O–H groups in total. The van der Waals surface area contributed by atoms with Gasteiger partial charge >= 0.3 is 6.03 Å². The van der Waals surface area contributed by atoms with Crippen LogP contribution in [0.25, 0.3) is 0 Å². The molecule has 0 aromatic heterocycles. The van der Waals surface area contributed by atoms with Crippen molar-refractivity contribution in [2.24, 2.45) is 5.92 Å². The first-order chi connectivity index (χ1) is 8.10. The molecule has 0 aliphatic heterocycles. The third-order valence-electron chi connectivity index (χ3n) is 3.03. The second-order valence-corrected chi connectivity index (χ2v) is 4.44. The molecule has 1 aliphatic rings. The number of carbonyl (C=O) groups excluding carboxylic acids is 1. The van der Waals surface area contributed by atoms with Crippen LogP contribution in [0.15, 0.2) is 0 Å². The number of urea groups is 1. The van der Waals surface area contributed by atoms with E-state index in [1.807, 2.05) is 6.92 Å². The van der Waals surface area contributed by atoms with Crippen LogP contribution in [0, 0.1) is 5.92 Å². The predicted molar refractivity (Wildman–Crippen MR) is 62.6 cm³/mol. The van der Waals surface area contributed by atoms with Gasteiger partial charge in [0.15, 0.2) is 0 Å². The minimum Gasteiger partial charge on any atom is -0.390 e. The fourth-order valence-electron chi connectivity index (χ4n) is 2.10. The first kappa shape index (κ1) is 14.2. The zero-order valence-electron chi connectivity index (χ0n) is 10.3. The van der Waals surface area contributed by atoms with Gasteiger partial charge in [0.1, 0.15) is 6.10 Å². The first-order valence-corrected chi connectivity index (χ1v) is 5.99. The van der Waals surface area contributed by atoms with E-state index in [9.17, 15) is 15.0 Å². The Bertz CT molecular complexity index is 250. The van der Waals surface area contributed by atoms with Crippen LogP contribution in [0.3, 0.4) is 0 Å². The molecule has 0 bridgehead atoms. The Balaban J connectivity index is 2.41. The Hall–Kier alpha value is -0.850. The van der Waals surface area contributed by atoms with Crippen molar-refractivity contribution in [3.63, 3.8) is 0 Å². The molecule has 1 fully saturated rings. The Kier molecular flexibility index (Phi) is 5.67. The van der Waals surface area contributed by atoms with Gasteiger partial charge in [0.05, 0.1) is 18.8 Å². The number of carbonyl (C=O) groups is 1. The number of aliphatic hydroxyl groups is 2. The summed E-state index contributed by atoms with van der Waals surface area (Å²) in [7, 11) is 1.55. The topological polar surface area (TPSA) is 90.8 Å². The molecule has 0 spiro atoms. The van der Waals surface area contributed by atoms with Crippen molar-refractivity contribution in [1.82, 2.24) is 10.6 Å². The summed E-state index contributed by atoms with van der Waals surface area (Å²) in [6.07, 6.45) is -0.389. The summed E-state index contributed by atoms with van der Waals surface area (Å²) in [6.45, 7) is 2.94. The van der Waals surface area contributed by atoms with E-state index in [-0.39, 0.29) is 11.9 Å². The minimum atomic E-state index is -0.928. The van der Waals surface area contributed by atoms with E-state index in [4.69, 9.17) is 4.74 Å². The summed E-state index contributed by atoms with van der Waals surface area (Å²) in [5, 5.41) is 24.9. The van der Waals surface area contributed by atoms with Crippen LogP contribution in [-0.4, -0.2) is 54.8 Å². The lowest BCUT2D eigenvalue weighted by Crippen LogP contribution is -2.47. The maximum atomic E-state index is 11.4. The lowest BCUT2D eigenvalue weighted by atomic mass is 10.1. The molecule has 100 valence electrons. The third-order valence-corrected chi connectivity index (χ3v) is 3.03. The fraction of sp³-hybridized carbons (Fsp3) is 0.909. The Morgan fingerprint density at radius 2 is 2.12 bits per heavy atom. The zero-order valence-corrected chi connectivity index (χ0v) is 10.3. The van der Waals surface area contributed by atoms with E-state index in [1.165, 1.54) is 0 Å². The number of amides is 2. The number of hydrogen-bond acceptors (Lipinski definition) is 4. The third kappa shape index (κ3) is 3.83. The Morgan fingerprint density at radius 3 is 2.71 bits per heavy atom. The lowest BCUT2D eigenvalue weighted by Gasteiger charge is -2.18. The average Bonchev–Trinajstić information content (AvgIpc) is 2.56. The summed E-state index contributed by atoms with van der Waals surface area (Å²) < 4.78 is 4.96. The van der Waals surface area contributed by atoms with E-state index >= 15 is 0 Å². The van der Waals surface area contributed by atoms with Gasteiger partial charge in [0.2, 0.25) is 0 Å². The quantitative estimate of drug-likeness (QED) is 0.524. The molecule has 6 heteroatoms. The molecule has 1 rings (SSSR count). The van der Waals surface area contributed by atoms with Gasteiger partial charge in [-0.2, -0.15) is 0 Å². The van der Waals surface area contributed by atoms with Gasteiger partial charge in [-0.1, -0.05) is 6.92 Å². The van der Waals surface area contributed by atoms with Gasteiger partial charge in [-0.05, 0) is 12.8 Å². The van der Waals surface area contributed by atoms with Gasteiger partial charge in [0, 0.05) is 19.6 Å². The Morgan fingerprint density at radius 1 is 1.41 bits per heavy atom. The van der Waals surface area contributed by atoms with Crippen LogP contribution >= 0.6 is 0 Å². The molecule has 0 aromatic rings. The van der Waals surface area contributed by atoms with Crippen molar-refractivity contribution >= 4 is 6.03 Å². The molecule has 1 saturated carbocycles. The van der Waals surface area contributed by atoms with Gasteiger partial charge in [-0.3, -0.25) is 0 Å². The van der Waals surface area contributed by atoms with Crippen molar-refractivity contribution < 1.29 is 19.7 Å². The van der Waals surface area contributed by atoms with Crippen LogP contribution in [0.5, 0.6) is 0 Å². The molecule has 1 aliphatic carbocycles. The highest BCUT2D eigenvalue weighted by molar-refractivity contribution is 5.74. The molecular formula is C11H22N2O4. The van der Waals surface area contributed by atoms with Crippen molar-refractivity contribution in [3.05, 3.63) is 0 Å². The summed E-state index contributed by atoms with van der Waals surface area (Å²) >= 11 is 0. The number of aliphatic hydroxyl groups excluding tert-OH is 2. The van der Waals surface area contributed by atoms with Crippen LogP contribution in [0.1, 0.15) is 19.8 Å². The molecule has 4 atom stereocenters. The van der Waals surface area contributed by atoms with Crippen LogP contribution < -0.4 is 10.6 Å². The van der Waals surface area contributed by atoms with Crippen LogP contribution in [-0.2, 0) is 4.74 Å². The number of ether oxygens (including phenoxy) is 1. The lowest BCUT2D eigenvalue weighted by molar-refractivity contribution is -0.00499. The fourth-order valence-corrected chi connectivity index (χ4v) is 2.10. The number of hydrogen-bond donors (Lipinski definition) is 4. The van der Waals surface area contributed by atoms with Crippen LogP contribution in [0.4, 0.5) is 4.79 Å². The molecule has 0 aromatic carbocycles. The van der Waals surface area contributed by atoms with Crippen molar-refractivity contribution in [2.75, 3.05) is 20.3 Å². The van der Waals surface area contributed by atoms with E-state index in [2.05, 4.69) is 10.6 Å². The maximum Gasteiger partial charge on any atom is 0.315 e. The maximum absolute atomic E-state index is 11.4. The highest BCUT2D eigenvalue weighted by atomic mass is 16.5. The van der Waals surface area contributed by atoms with Crippen molar-refractivity contribution in [2.45, 2.75) is 38.0 Å². The summed E-state index contributed by atoms with van der Waals surface area (Å²) in [4.78, 5) is 11.4. The SMILES string of the molecule is CCCNC(=O)N[C@@H]1C[C@H](COC)[C@@H](O)[C@H]1O. The number of methoxy groups -OCH3 is 1. The summed E-state index contributed by atoms with van der Waals surface area (Å²) in [5.74, 6) is -0.133. The average molecular weight is 246 g/mol. The summed E-state index contributed by atoms with van der Waals surface area (Å²) in [6, 6.07) is -0.719. The van der Waals surface area contributed by atoms with E-state index < -0.39 is 18.2 Å². The van der Waals surface area contributed by atoms with Crippen LogP contribution in [0.2, 0.25) is 0 Å². The van der Waals surface area contributed by atoms with E-state index in [0.29, 0.717) is 19.6 Å². The van der Waals surface area contributed by atoms with E-state index in [1.54, 1.807) is 7.11 Å². The van der Waals surface area contributed by atoms with Gasteiger partial charge in [-0.15, -0.1) is 0 Å². The summed E-state index contributed by atoms with van der Waals surface area (Å²) in [5.41, 5.74) is 0. The standard InChI is InChI=1S/C11H22N2O4/c1-3-4-12-11(16)13-8-5-7(6-17-2)9(14)10(8)15/h7-10,14-15H,3-6H2,1-2H3,(H2,12,13,16)/t7-,8-,9-,10+/m1/s1. The molecular weight excluding hydrogens is 224 g/mol. The Labute approximate surface area is 101 Å². The molecule has 2 amide bonds. The van der Waals surface area contributed by atoms with E-state index in [0.717, 1.165) is 6.42 Å². The molecule has 0 radical (unpaired) electrons. The molecule has 0 unspecified atom stereocenters. The normalized spacial score (nSPS) is 32.5. The predicted octanol–water partition coefficient (Wildman–Crippen LogP) is -0.548.